The van der Waals surface area contributed by atoms with Crippen molar-refractivity contribution in [2.45, 2.75) is 13.3 Å². The zero-order valence-corrected chi connectivity index (χ0v) is 11.5. The minimum Gasteiger partial charge on any atom is -0.490 e. The van der Waals surface area contributed by atoms with Gasteiger partial charge in [-0.25, -0.2) is 0 Å². The number of aromatic amines is 1. The summed E-state index contributed by atoms with van der Waals surface area (Å²) in [6.45, 7) is 1.81. The van der Waals surface area contributed by atoms with E-state index in [-0.39, 0.29) is 17.6 Å². The van der Waals surface area contributed by atoms with Crippen LogP contribution in [0.3, 0.4) is 0 Å². The molecule has 0 bridgehead atoms. The first-order valence-electron chi connectivity index (χ1n) is 5.93. The summed E-state index contributed by atoms with van der Waals surface area (Å²) in [6.07, 6.45) is 0.495. The first-order chi connectivity index (χ1) is 9.65. The summed E-state index contributed by atoms with van der Waals surface area (Å²) in [4.78, 5) is 18.2. The fourth-order valence-electron chi connectivity index (χ4n) is 1.58. The van der Waals surface area contributed by atoms with Gasteiger partial charge < -0.3 is 19.6 Å². The number of halogens is 1. The molecule has 0 saturated heterocycles. The highest BCUT2D eigenvalue weighted by Crippen LogP contribution is 2.32. The molecule has 0 fully saturated rings. The Bertz CT molecular complexity index is 657. The van der Waals surface area contributed by atoms with Crippen LogP contribution in [0.4, 0.5) is 0 Å². The summed E-state index contributed by atoms with van der Waals surface area (Å²) in [7, 11) is 0. The average Bonchev–Trinajstić information content (AvgIpc) is 2.44. The Kier molecular flexibility index (Phi) is 4.47. The predicted molar refractivity (Wildman–Crippen MR) is 73.8 cm³/mol. The van der Waals surface area contributed by atoms with Gasteiger partial charge in [0.25, 0.3) is 17.2 Å². The summed E-state index contributed by atoms with van der Waals surface area (Å²) in [5, 5.41) is 9.76. The molecule has 1 aromatic carbocycles. The number of para-hydroxylation sites is 2. The largest absolute Gasteiger partial charge is 0.490 e. The molecule has 0 atom stereocenters. The third-order valence-electron chi connectivity index (χ3n) is 2.51. The van der Waals surface area contributed by atoms with Crippen molar-refractivity contribution in [3.63, 3.8) is 0 Å². The van der Waals surface area contributed by atoms with Crippen LogP contribution in [0.1, 0.15) is 12.7 Å². The molecule has 0 aliphatic carbocycles. The number of aromatic nitrogens is 2. The number of alkyl halides is 1. The molecule has 1 aromatic heterocycles. The molecule has 0 spiro atoms. The van der Waals surface area contributed by atoms with Crippen molar-refractivity contribution in [2.75, 3.05) is 6.07 Å². The highest BCUT2D eigenvalue weighted by atomic mass is 35.5. The van der Waals surface area contributed by atoms with Crippen molar-refractivity contribution in [3.05, 3.63) is 40.4 Å². The maximum Gasteiger partial charge on any atom is 0.298 e. The van der Waals surface area contributed by atoms with Gasteiger partial charge in [0.05, 0.1) is 0 Å². The number of benzene rings is 1. The minimum absolute atomic E-state index is 0.0598. The van der Waals surface area contributed by atoms with E-state index in [9.17, 15) is 9.90 Å². The SMILES string of the molecule is CCc1nc(O)c(Oc2ccccc2OCCl)c(=O)[nH]1. The highest BCUT2D eigenvalue weighted by molar-refractivity contribution is 6.17. The number of nitrogens with one attached hydrogen (secondary N) is 1. The summed E-state index contributed by atoms with van der Waals surface area (Å²) in [6, 6.07) is 6.60. The Labute approximate surface area is 120 Å². The van der Waals surface area contributed by atoms with Gasteiger partial charge in [-0.15, -0.1) is 0 Å². The van der Waals surface area contributed by atoms with Gasteiger partial charge in [-0.05, 0) is 12.1 Å². The van der Waals surface area contributed by atoms with Crippen molar-refractivity contribution in [1.29, 1.82) is 0 Å². The molecule has 0 saturated carbocycles. The second-order valence-corrected chi connectivity index (χ2v) is 4.04. The summed E-state index contributed by atoms with van der Waals surface area (Å²) in [5.74, 6) is 0.255. The first kappa shape index (κ1) is 14.2. The van der Waals surface area contributed by atoms with Gasteiger partial charge in [0.2, 0.25) is 0 Å². The zero-order valence-electron chi connectivity index (χ0n) is 10.7. The van der Waals surface area contributed by atoms with Crippen LogP contribution in [0.25, 0.3) is 0 Å². The van der Waals surface area contributed by atoms with E-state index in [1.54, 1.807) is 24.3 Å². The number of H-pyrrole nitrogens is 1. The van der Waals surface area contributed by atoms with Crippen molar-refractivity contribution >= 4 is 11.6 Å². The maximum atomic E-state index is 11.8. The van der Waals surface area contributed by atoms with Crippen LogP contribution in [0, 0.1) is 0 Å². The Hall–Kier alpha value is -2.21. The van der Waals surface area contributed by atoms with Crippen LogP contribution in [0.15, 0.2) is 29.1 Å². The average molecular weight is 297 g/mol. The molecular weight excluding hydrogens is 284 g/mol. The van der Waals surface area contributed by atoms with E-state index in [0.717, 1.165) is 0 Å². The van der Waals surface area contributed by atoms with Gasteiger partial charge in [0, 0.05) is 6.42 Å². The van der Waals surface area contributed by atoms with E-state index in [4.69, 9.17) is 21.1 Å². The normalized spacial score (nSPS) is 10.3. The summed E-state index contributed by atoms with van der Waals surface area (Å²) in [5.41, 5.74) is -0.560. The van der Waals surface area contributed by atoms with E-state index in [2.05, 4.69) is 9.97 Å². The molecule has 7 heteroatoms. The van der Waals surface area contributed by atoms with E-state index in [1.165, 1.54) is 0 Å². The maximum absolute atomic E-state index is 11.8. The molecule has 20 heavy (non-hydrogen) atoms. The molecular formula is C13H13ClN2O4. The lowest BCUT2D eigenvalue weighted by molar-refractivity contribution is 0.345. The summed E-state index contributed by atoms with van der Waals surface area (Å²) < 4.78 is 10.5. The van der Waals surface area contributed by atoms with Gasteiger partial charge in [-0.3, -0.25) is 4.79 Å². The number of nitrogens with zero attached hydrogens (tertiary/aromatic N) is 1. The molecule has 2 N–H and O–H groups in total. The van der Waals surface area contributed by atoms with Gasteiger partial charge in [0.1, 0.15) is 5.82 Å². The number of aromatic hydroxyl groups is 1. The van der Waals surface area contributed by atoms with Crippen molar-refractivity contribution in [3.8, 4) is 23.1 Å². The first-order valence-corrected chi connectivity index (χ1v) is 6.47. The third kappa shape index (κ3) is 3.03. The molecule has 1 heterocycles. The Morgan fingerprint density at radius 3 is 2.65 bits per heavy atom. The topological polar surface area (TPSA) is 84.4 Å². The van der Waals surface area contributed by atoms with Crippen LogP contribution in [0.2, 0.25) is 0 Å². The second kappa shape index (κ2) is 6.29. The molecule has 2 rings (SSSR count). The fraction of sp³-hybridized carbons (Fsp3) is 0.231. The molecule has 6 nitrogen and oxygen atoms in total. The zero-order chi connectivity index (χ0) is 14.5. The molecule has 0 aliphatic heterocycles. The number of ether oxygens (including phenoxy) is 2. The lowest BCUT2D eigenvalue weighted by atomic mass is 10.3. The molecule has 0 amide bonds. The molecule has 0 aliphatic rings. The lowest BCUT2D eigenvalue weighted by Gasteiger charge is -2.11. The van der Waals surface area contributed by atoms with Crippen molar-refractivity contribution in [2.24, 2.45) is 0 Å². The quantitative estimate of drug-likeness (QED) is 0.828. The lowest BCUT2D eigenvalue weighted by Crippen LogP contribution is -2.13. The molecule has 2 aromatic rings. The molecule has 0 unspecified atom stereocenters. The van der Waals surface area contributed by atoms with Crippen molar-refractivity contribution < 1.29 is 14.6 Å². The summed E-state index contributed by atoms with van der Waals surface area (Å²) >= 11 is 5.51. The number of aryl methyl sites for hydroxylation is 1. The van der Waals surface area contributed by atoms with Gasteiger partial charge >= 0.3 is 0 Å². The van der Waals surface area contributed by atoms with Gasteiger partial charge in [-0.2, -0.15) is 4.98 Å². The molecule has 106 valence electrons. The fourth-order valence-corrected chi connectivity index (χ4v) is 1.70. The van der Waals surface area contributed by atoms with E-state index < -0.39 is 11.4 Å². The van der Waals surface area contributed by atoms with Gasteiger partial charge in [-0.1, -0.05) is 30.7 Å². The van der Waals surface area contributed by atoms with E-state index in [1.807, 2.05) is 6.92 Å². The van der Waals surface area contributed by atoms with E-state index >= 15 is 0 Å². The number of hydrogen-bond acceptors (Lipinski definition) is 5. The second-order valence-electron chi connectivity index (χ2n) is 3.82. The van der Waals surface area contributed by atoms with Crippen LogP contribution < -0.4 is 15.0 Å². The van der Waals surface area contributed by atoms with Crippen LogP contribution in [-0.4, -0.2) is 21.1 Å². The Balaban J connectivity index is 2.38. The number of rotatable bonds is 5. The Morgan fingerprint density at radius 2 is 2.05 bits per heavy atom. The standard InChI is InChI=1S/C13H13ClN2O4/c1-2-10-15-12(17)11(13(18)16-10)20-9-6-4-3-5-8(9)19-7-14/h3-6H,2,7H2,1H3,(H2,15,16,17,18). The van der Waals surface area contributed by atoms with Crippen LogP contribution >= 0.6 is 11.6 Å². The highest BCUT2D eigenvalue weighted by Gasteiger charge is 2.15. The van der Waals surface area contributed by atoms with Crippen LogP contribution in [0.5, 0.6) is 23.1 Å². The predicted octanol–water partition coefficient (Wildman–Crippen LogP) is 2.41. The number of hydrogen-bond donors (Lipinski definition) is 2. The smallest absolute Gasteiger partial charge is 0.298 e. The molecule has 0 radical (unpaired) electrons. The van der Waals surface area contributed by atoms with Gasteiger partial charge in [0.15, 0.2) is 17.6 Å². The van der Waals surface area contributed by atoms with Crippen LogP contribution in [-0.2, 0) is 6.42 Å². The minimum atomic E-state index is -0.560. The van der Waals surface area contributed by atoms with E-state index in [0.29, 0.717) is 18.0 Å². The monoisotopic (exact) mass is 296 g/mol. The Morgan fingerprint density at radius 1 is 1.35 bits per heavy atom. The van der Waals surface area contributed by atoms with Crippen molar-refractivity contribution in [1.82, 2.24) is 9.97 Å². The third-order valence-corrected chi connectivity index (χ3v) is 2.62.